The van der Waals surface area contributed by atoms with Gasteiger partial charge in [0.2, 0.25) is 0 Å². The summed E-state index contributed by atoms with van der Waals surface area (Å²) in [5.41, 5.74) is 8.18. The Hall–Kier alpha value is -1.81. The van der Waals surface area contributed by atoms with Crippen molar-refractivity contribution in [3.8, 4) is 0 Å². The second kappa shape index (κ2) is 5.67. The fourth-order valence-electron chi connectivity index (χ4n) is 3.00. The Labute approximate surface area is 120 Å². The highest BCUT2D eigenvalue weighted by Gasteiger charge is 2.19. The number of pyridine rings is 1. The minimum atomic E-state index is 0.491. The summed E-state index contributed by atoms with van der Waals surface area (Å²) in [6.07, 6.45) is 6.12. The largest absolute Gasteiger partial charge is 0.397 e. The zero-order valence-electron chi connectivity index (χ0n) is 12.0. The Bertz CT molecular complexity index is 596. The van der Waals surface area contributed by atoms with E-state index in [1.165, 1.54) is 19.4 Å². The van der Waals surface area contributed by atoms with Gasteiger partial charge in [-0.2, -0.15) is 0 Å². The maximum absolute atomic E-state index is 6.30. The third-order valence-electron chi connectivity index (χ3n) is 4.17. The van der Waals surface area contributed by atoms with Crippen molar-refractivity contribution >= 4 is 22.1 Å². The summed E-state index contributed by atoms with van der Waals surface area (Å²) < 4.78 is 0. The van der Waals surface area contributed by atoms with Crippen LogP contribution in [0.2, 0.25) is 0 Å². The number of rotatable bonds is 3. The van der Waals surface area contributed by atoms with Crippen LogP contribution in [0.1, 0.15) is 19.8 Å². The predicted molar refractivity (Wildman–Crippen MR) is 84.9 cm³/mol. The quantitative estimate of drug-likeness (QED) is 0.842. The lowest BCUT2D eigenvalue weighted by Gasteiger charge is -2.33. The van der Waals surface area contributed by atoms with Crippen LogP contribution in [-0.2, 0) is 0 Å². The molecule has 3 N–H and O–H groups in total. The number of anilines is 2. The lowest BCUT2D eigenvalue weighted by Crippen LogP contribution is -2.41. The highest BCUT2D eigenvalue weighted by molar-refractivity contribution is 5.98. The van der Waals surface area contributed by atoms with Gasteiger partial charge in [0, 0.05) is 35.8 Å². The molecule has 1 aliphatic rings. The van der Waals surface area contributed by atoms with Gasteiger partial charge in [-0.05, 0) is 38.1 Å². The summed E-state index contributed by atoms with van der Waals surface area (Å²) in [5.74, 6) is 0. The van der Waals surface area contributed by atoms with E-state index in [0.29, 0.717) is 6.04 Å². The number of nitrogens with two attached hydrogens (primary N) is 1. The fourth-order valence-corrected chi connectivity index (χ4v) is 3.00. The second-order valence-electron chi connectivity index (χ2n) is 5.50. The number of nitrogens with zero attached hydrogens (tertiary/aromatic N) is 2. The van der Waals surface area contributed by atoms with Gasteiger partial charge >= 0.3 is 0 Å². The molecule has 0 bridgehead atoms. The van der Waals surface area contributed by atoms with Gasteiger partial charge < -0.3 is 16.0 Å². The number of fused-ring (bicyclic) bond motifs is 1. The molecule has 0 spiro atoms. The number of nitrogen functional groups attached to an aromatic ring is 1. The third kappa shape index (κ3) is 2.56. The summed E-state index contributed by atoms with van der Waals surface area (Å²) in [6.45, 7) is 5.66. The molecular weight excluding hydrogens is 248 g/mol. The molecule has 20 heavy (non-hydrogen) atoms. The van der Waals surface area contributed by atoms with Crippen LogP contribution in [0.5, 0.6) is 0 Å². The molecule has 4 heteroatoms. The standard InChI is InChI=1S/C16H22N4/c1-2-20-9-3-4-13(11-20)19-15-6-5-12-10-18-8-7-14(12)16(15)17/h5-8,10,13,19H,2-4,9,11,17H2,1H3. The Morgan fingerprint density at radius 2 is 2.30 bits per heavy atom. The lowest BCUT2D eigenvalue weighted by molar-refractivity contribution is 0.227. The van der Waals surface area contributed by atoms with Gasteiger partial charge in [-0.15, -0.1) is 0 Å². The van der Waals surface area contributed by atoms with Crippen LogP contribution < -0.4 is 11.1 Å². The number of likely N-dealkylation sites (N-methyl/N-ethyl adjacent to an activating group) is 1. The molecule has 1 aromatic carbocycles. The molecule has 2 aromatic rings. The topological polar surface area (TPSA) is 54.2 Å². The van der Waals surface area contributed by atoms with Crippen molar-refractivity contribution in [3.05, 3.63) is 30.6 Å². The molecule has 0 aliphatic carbocycles. The van der Waals surface area contributed by atoms with E-state index in [2.05, 4.69) is 34.3 Å². The molecule has 0 amide bonds. The van der Waals surface area contributed by atoms with Gasteiger partial charge in [0.05, 0.1) is 11.4 Å². The molecule has 4 nitrogen and oxygen atoms in total. The summed E-state index contributed by atoms with van der Waals surface area (Å²) in [6, 6.07) is 6.63. The first-order chi connectivity index (χ1) is 9.78. The monoisotopic (exact) mass is 270 g/mol. The fraction of sp³-hybridized carbons (Fsp3) is 0.438. The molecule has 1 aromatic heterocycles. The van der Waals surface area contributed by atoms with Crippen LogP contribution in [0.15, 0.2) is 30.6 Å². The number of benzene rings is 1. The zero-order chi connectivity index (χ0) is 13.9. The molecular formula is C16H22N4. The van der Waals surface area contributed by atoms with Crippen molar-refractivity contribution in [1.29, 1.82) is 0 Å². The average Bonchev–Trinajstić information content (AvgIpc) is 2.50. The first kappa shape index (κ1) is 13.2. The van der Waals surface area contributed by atoms with Gasteiger partial charge in [0.25, 0.3) is 0 Å². The Morgan fingerprint density at radius 3 is 3.15 bits per heavy atom. The van der Waals surface area contributed by atoms with Crippen molar-refractivity contribution in [3.63, 3.8) is 0 Å². The van der Waals surface area contributed by atoms with E-state index in [1.54, 1.807) is 6.20 Å². The van der Waals surface area contributed by atoms with Crippen LogP contribution in [0, 0.1) is 0 Å². The van der Waals surface area contributed by atoms with E-state index < -0.39 is 0 Å². The number of hydrogen-bond donors (Lipinski definition) is 2. The van der Waals surface area contributed by atoms with E-state index in [4.69, 9.17) is 5.73 Å². The van der Waals surface area contributed by atoms with Gasteiger partial charge in [0.15, 0.2) is 0 Å². The maximum atomic E-state index is 6.30. The Kier molecular flexibility index (Phi) is 3.74. The van der Waals surface area contributed by atoms with E-state index in [1.807, 2.05) is 12.3 Å². The highest BCUT2D eigenvalue weighted by Crippen LogP contribution is 2.29. The second-order valence-corrected chi connectivity index (χ2v) is 5.50. The average molecular weight is 270 g/mol. The van der Waals surface area contributed by atoms with Crippen LogP contribution in [0.4, 0.5) is 11.4 Å². The molecule has 3 rings (SSSR count). The summed E-state index contributed by atoms with van der Waals surface area (Å²) >= 11 is 0. The Morgan fingerprint density at radius 1 is 1.40 bits per heavy atom. The molecule has 1 saturated heterocycles. The number of nitrogens with one attached hydrogen (secondary N) is 1. The van der Waals surface area contributed by atoms with Gasteiger partial charge in [-0.3, -0.25) is 4.98 Å². The molecule has 0 saturated carbocycles. The minimum absolute atomic E-state index is 0.491. The normalized spacial score (nSPS) is 20.1. The predicted octanol–water partition coefficient (Wildman–Crippen LogP) is 2.71. The number of aromatic nitrogens is 1. The molecule has 1 unspecified atom stereocenters. The van der Waals surface area contributed by atoms with E-state index in [-0.39, 0.29) is 0 Å². The molecule has 106 valence electrons. The first-order valence-electron chi connectivity index (χ1n) is 7.39. The van der Waals surface area contributed by atoms with E-state index in [9.17, 15) is 0 Å². The lowest BCUT2D eigenvalue weighted by atomic mass is 10.0. The zero-order valence-corrected chi connectivity index (χ0v) is 12.0. The molecule has 0 radical (unpaired) electrons. The summed E-state index contributed by atoms with van der Waals surface area (Å²) in [4.78, 5) is 6.63. The van der Waals surface area contributed by atoms with Crippen LogP contribution in [0.3, 0.4) is 0 Å². The van der Waals surface area contributed by atoms with E-state index >= 15 is 0 Å². The van der Waals surface area contributed by atoms with Gasteiger partial charge in [-0.25, -0.2) is 0 Å². The van der Waals surface area contributed by atoms with Crippen LogP contribution in [0.25, 0.3) is 10.8 Å². The van der Waals surface area contributed by atoms with Gasteiger partial charge in [0.1, 0.15) is 0 Å². The highest BCUT2D eigenvalue weighted by atomic mass is 15.2. The molecule has 1 aliphatic heterocycles. The number of likely N-dealkylation sites (tertiary alicyclic amines) is 1. The van der Waals surface area contributed by atoms with Crippen LogP contribution >= 0.6 is 0 Å². The third-order valence-corrected chi connectivity index (χ3v) is 4.17. The van der Waals surface area contributed by atoms with Crippen molar-refractivity contribution in [2.45, 2.75) is 25.8 Å². The Balaban J connectivity index is 1.82. The maximum Gasteiger partial charge on any atom is 0.0630 e. The molecule has 1 fully saturated rings. The molecule has 1 atom stereocenters. The van der Waals surface area contributed by atoms with Gasteiger partial charge in [-0.1, -0.05) is 13.0 Å². The summed E-state index contributed by atoms with van der Waals surface area (Å²) in [5, 5.41) is 5.79. The SMILES string of the molecule is CCN1CCCC(Nc2ccc3cnccc3c2N)C1. The van der Waals surface area contributed by atoms with Crippen LogP contribution in [-0.4, -0.2) is 35.6 Å². The number of hydrogen-bond acceptors (Lipinski definition) is 4. The minimum Gasteiger partial charge on any atom is -0.397 e. The van der Waals surface area contributed by atoms with Crippen molar-refractivity contribution in [2.75, 3.05) is 30.7 Å². The van der Waals surface area contributed by atoms with E-state index in [0.717, 1.165) is 35.2 Å². The first-order valence-corrected chi connectivity index (χ1v) is 7.39. The van der Waals surface area contributed by atoms with Crippen molar-refractivity contribution < 1.29 is 0 Å². The van der Waals surface area contributed by atoms with Crippen molar-refractivity contribution in [2.24, 2.45) is 0 Å². The number of piperidine rings is 1. The summed E-state index contributed by atoms with van der Waals surface area (Å²) in [7, 11) is 0. The smallest absolute Gasteiger partial charge is 0.0630 e. The molecule has 2 heterocycles. The van der Waals surface area contributed by atoms with Crippen molar-refractivity contribution in [1.82, 2.24) is 9.88 Å².